The average Bonchev–Trinajstić information content (AvgIpc) is 2.70. The van der Waals surface area contributed by atoms with Crippen LogP contribution in [-0.4, -0.2) is 15.7 Å². The molecule has 0 bridgehead atoms. The molecule has 28 heavy (non-hydrogen) atoms. The van der Waals surface area contributed by atoms with Gasteiger partial charge in [0.15, 0.2) is 0 Å². The molecule has 2 aromatic carbocycles. The van der Waals surface area contributed by atoms with Gasteiger partial charge in [-0.2, -0.15) is 0 Å². The molecular weight excluding hydrogens is 346 g/mol. The van der Waals surface area contributed by atoms with Crippen LogP contribution in [0.5, 0.6) is 11.5 Å². The van der Waals surface area contributed by atoms with Crippen molar-refractivity contribution in [2.75, 3.05) is 0 Å². The molecule has 1 aromatic heterocycles. The zero-order valence-corrected chi connectivity index (χ0v) is 16.5. The van der Waals surface area contributed by atoms with Crippen molar-refractivity contribution in [2.45, 2.75) is 51.6 Å². The first-order valence-corrected chi connectivity index (χ1v) is 10.1. The highest BCUT2D eigenvalue weighted by Crippen LogP contribution is 2.49. The Kier molecular flexibility index (Phi) is 3.94. The Bertz CT molecular complexity index is 1110. The first-order valence-electron chi connectivity index (χ1n) is 10.1. The van der Waals surface area contributed by atoms with E-state index in [0.29, 0.717) is 5.75 Å². The lowest BCUT2D eigenvalue weighted by Gasteiger charge is -2.46. The first kappa shape index (κ1) is 17.3. The summed E-state index contributed by atoms with van der Waals surface area (Å²) < 4.78 is 6.51. The van der Waals surface area contributed by atoms with Crippen molar-refractivity contribution < 1.29 is 9.84 Å². The van der Waals surface area contributed by atoms with E-state index < -0.39 is 0 Å². The predicted octanol–water partition coefficient (Wildman–Crippen LogP) is 5.98. The molecule has 3 heteroatoms. The second-order valence-electron chi connectivity index (χ2n) is 8.22. The Morgan fingerprint density at radius 2 is 1.82 bits per heavy atom. The van der Waals surface area contributed by atoms with Crippen molar-refractivity contribution >= 4 is 23.1 Å². The van der Waals surface area contributed by atoms with Crippen LogP contribution in [0, 0.1) is 13.8 Å². The van der Waals surface area contributed by atoms with Crippen molar-refractivity contribution in [2.24, 2.45) is 0 Å². The van der Waals surface area contributed by atoms with Crippen molar-refractivity contribution in [1.82, 2.24) is 4.98 Å². The van der Waals surface area contributed by atoms with Crippen LogP contribution in [0.2, 0.25) is 0 Å². The standard InChI is InChI=1S/C25H25NO2/c1-16-21-12-15-25(13-5-14-25)28-24(21)17(2)20(23(16)27)11-10-19-9-8-18-6-3-4-7-22(18)26-19/h3-4,6-11,27H,5,12-15H2,1-2H3/b11-10-. The van der Waals surface area contributed by atoms with Gasteiger partial charge in [0.05, 0.1) is 11.2 Å². The van der Waals surface area contributed by atoms with Crippen LogP contribution in [0.1, 0.15) is 53.6 Å². The van der Waals surface area contributed by atoms with E-state index in [1.54, 1.807) is 0 Å². The fourth-order valence-corrected chi connectivity index (χ4v) is 4.57. The molecule has 0 radical (unpaired) electrons. The van der Waals surface area contributed by atoms with E-state index in [0.717, 1.165) is 64.7 Å². The number of nitrogens with zero attached hydrogens (tertiary/aromatic N) is 1. The number of phenols is 1. The molecule has 3 nitrogen and oxygen atoms in total. The molecule has 1 N–H and O–H groups in total. The number of aromatic hydroxyl groups is 1. The molecule has 0 saturated heterocycles. The zero-order chi connectivity index (χ0) is 19.3. The number of phenolic OH excluding ortho intramolecular Hbond substituents is 1. The van der Waals surface area contributed by atoms with Gasteiger partial charge in [0.2, 0.25) is 0 Å². The largest absolute Gasteiger partial charge is 0.507 e. The number of benzene rings is 2. The lowest BCUT2D eigenvalue weighted by Crippen LogP contribution is -2.46. The molecule has 2 heterocycles. The van der Waals surface area contributed by atoms with Gasteiger partial charge in [-0.1, -0.05) is 24.3 Å². The molecular formula is C25H25NO2. The third-order valence-electron chi connectivity index (χ3n) is 6.54. The van der Waals surface area contributed by atoms with Gasteiger partial charge in [-0.15, -0.1) is 0 Å². The summed E-state index contributed by atoms with van der Waals surface area (Å²) in [5, 5.41) is 12.0. The summed E-state index contributed by atoms with van der Waals surface area (Å²) in [6.07, 6.45) is 9.56. The third-order valence-corrected chi connectivity index (χ3v) is 6.54. The summed E-state index contributed by atoms with van der Waals surface area (Å²) in [5.74, 6) is 1.36. The van der Waals surface area contributed by atoms with E-state index >= 15 is 0 Å². The van der Waals surface area contributed by atoms with Crippen LogP contribution < -0.4 is 4.74 Å². The van der Waals surface area contributed by atoms with Crippen LogP contribution in [0.15, 0.2) is 36.4 Å². The number of hydrogen-bond donors (Lipinski definition) is 1. The molecule has 1 aliphatic carbocycles. The molecule has 1 saturated carbocycles. The first-order chi connectivity index (χ1) is 13.6. The molecule has 1 aliphatic heterocycles. The molecule has 1 fully saturated rings. The molecule has 0 unspecified atom stereocenters. The van der Waals surface area contributed by atoms with Gasteiger partial charge in [0, 0.05) is 22.1 Å². The fourth-order valence-electron chi connectivity index (χ4n) is 4.57. The molecule has 0 amide bonds. The number of aromatic nitrogens is 1. The highest BCUT2D eigenvalue weighted by Gasteiger charge is 2.43. The minimum Gasteiger partial charge on any atom is -0.507 e. The second kappa shape index (κ2) is 6.37. The van der Waals surface area contributed by atoms with Crippen molar-refractivity contribution in [3.8, 4) is 11.5 Å². The van der Waals surface area contributed by atoms with E-state index in [9.17, 15) is 5.11 Å². The maximum atomic E-state index is 10.9. The van der Waals surface area contributed by atoms with Gasteiger partial charge in [0.25, 0.3) is 0 Å². The molecule has 0 atom stereocenters. The number of ether oxygens (including phenoxy) is 1. The van der Waals surface area contributed by atoms with E-state index in [-0.39, 0.29) is 5.60 Å². The van der Waals surface area contributed by atoms with Gasteiger partial charge in [-0.25, -0.2) is 4.98 Å². The molecule has 2 aliphatic rings. The number of para-hydroxylation sites is 1. The van der Waals surface area contributed by atoms with Crippen molar-refractivity contribution in [3.05, 3.63) is 64.3 Å². The summed E-state index contributed by atoms with van der Waals surface area (Å²) in [6, 6.07) is 12.2. The third kappa shape index (κ3) is 2.69. The second-order valence-corrected chi connectivity index (χ2v) is 8.22. The quantitative estimate of drug-likeness (QED) is 0.603. The predicted molar refractivity (Wildman–Crippen MR) is 114 cm³/mol. The monoisotopic (exact) mass is 371 g/mol. The summed E-state index contributed by atoms with van der Waals surface area (Å²) in [5.41, 5.74) is 5.88. The number of pyridine rings is 1. The zero-order valence-electron chi connectivity index (χ0n) is 16.5. The lowest BCUT2D eigenvalue weighted by molar-refractivity contribution is -0.0257. The lowest BCUT2D eigenvalue weighted by atomic mass is 9.73. The summed E-state index contributed by atoms with van der Waals surface area (Å²) >= 11 is 0. The van der Waals surface area contributed by atoms with Crippen LogP contribution in [0.3, 0.4) is 0 Å². The number of hydrogen-bond acceptors (Lipinski definition) is 3. The van der Waals surface area contributed by atoms with Crippen LogP contribution in [-0.2, 0) is 6.42 Å². The summed E-state index contributed by atoms with van der Waals surface area (Å²) in [7, 11) is 0. The van der Waals surface area contributed by atoms with Crippen molar-refractivity contribution in [3.63, 3.8) is 0 Å². The molecule has 142 valence electrons. The summed E-state index contributed by atoms with van der Waals surface area (Å²) in [4.78, 5) is 4.71. The number of fused-ring (bicyclic) bond motifs is 2. The number of rotatable bonds is 2. The molecule has 5 rings (SSSR count). The van der Waals surface area contributed by atoms with Gasteiger partial charge in [-0.3, -0.25) is 0 Å². The minimum atomic E-state index is 0.0437. The average molecular weight is 371 g/mol. The maximum absolute atomic E-state index is 10.9. The minimum absolute atomic E-state index is 0.0437. The van der Waals surface area contributed by atoms with E-state index in [2.05, 4.69) is 19.1 Å². The highest BCUT2D eigenvalue weighted by atomic mass is 16.5. The SMILES string of the molecule is Cc1c(O)c(/C=C\c2ccc3ccccc3n2)c(C)c2c1CCC1(CCC1)O2. The summed E-state index contributed by atoms with van der Waals surface area (Å²) in [6.45, 7) is 4.06. The Hall–Kier alpha value is -2.81. The Morgan fingerprint density at radius 1 is 1.00 bits per heavy atom. The van der Waals surface area contributed by atoms with Crippen molar-refractivity contribution in [1.29, 1.82) is 0 Å². The van der Waals surface area contributed by atoms with Crippen LogP contribution >= 0.6 is 0 Å². The smallest absolute Gasteiger partial charge is 0.127 e. The van der Waals surface area contributed by atoms with E-state index in [4.69, 9.17) is 9.72 Å². The Balaban J connectivity index is 1.55. The van der Waals surface area contributed by atoms with Gasteiger partial charge in [-0.05, 0) is 75.8 Å². The Labute approximate surface area is 165 Å². The Morgan fingerprint density at radius 3 is 2.61 bits per heavy atom. The van der Waals surface area contributed by atoms with Crippen LogP contribution in [0.25, 0.3) is 23.1 Å². The normalized spacial score (nSPS) is 17.5. The molecule has 3 aromatic rings. The van der Waals surface area contributed by atoms with Gasteiger partial charge >= 0.3 is 0 Å². The van der Waals surface area contributed by atoms with E-state index in [1.807, 2.05) is 43.3 Å². The van der Waals surface area contributed by atoms with Crippen LogP contribution in [0.4, 0.5) is 0 Å². The topological polar surface area (TPSA) is 42.4 Å². The maximum Gasteiger partial charge on any atom is 0.127 e. The molecule has 1 spiro atoms. The van der Waals surface area contributed by atoms with Gasteiger partial charge in [0.1, 0.15) is 17.1 Å². The fraction of sp³-hybridized carbons (Fsp3) is 0.320. The van der Waals surface area contributed by atoms with E-state index in [1.165, 1.54) is 12.0 Å². The van der Waals surface area contributed by atoms with Gasteiger partial charge < -0.3 is 9.84 Å². The highest BCUT2D eigenvalue weighted by molar-refractivity contribution is 5.82.